The number of unbranched alkanes of at least 4 members (excludes halogenated alkanes) is 1. The van der Waals surface area contributed by atoms with E-state index in [2.05, 4.69) is 12.6 Å². The summed E-state index contributed by atoms with van der Waals surface area (Å²) in [6, 6.07) is 0. The molecule has 5 nitrogen and oxygen atoms in total. The summed E-state index contributed by atoms with van der Waals surface area (Å²) in [5, 5.41) is -0.892. The van der Waals surface area contributed by atoms with Crippen LogP contribution in [0.3, 0.4) is 0 Å². The van der Waals surface area contributed by atoms with Crippen LogP contribution in [0.2, 0.25) is 0 Å². The summed E-state index contributed by atoms with van der Waals surface area (Å²) in [5.74, 6) is 0. The number of rotatable bonds is 4. The van der Waals surface area contributed by atoms with E-state index in [-0.39, 0.29) is 6.54 Å². The molecule has 0 rings (SSSR count). The standard InChI is InChI=1S/C5H12NO4PS/c1-2-3-4-6(5(7)12)11(8,9)10/h2-4H2,1H3,(H,7,12)(H2,8,9,10). The highest BCUT2D eigenvalue weighted by atomic mass is 32.1. The van der Waals surface area contributed by atoms with Gasteiger partial charge in [0.25, 0.3) is 5.24 Å². The molecule has 1 amide bonds. The minimum Gasteiger partial charge on any atom is -0.308 e. The molecule has 7 heteroatoms. The maximum absolute atomic E-state index is 10.6. The van der Waals surface area contributed by atoms with Crippen molar-refractivity contribution in [2.45, 2.75) is 19.8 Å². The fourth-order valence-corrected chi connectivity index (χ4v) is 1.72. The molecule has 0 fully saturated rings. The maximum Gasteiger partial charge on any atom is 0.432 e. The normalized spacial score (nSPS) is 11.3. The molecule has 12 heavy (non-hydrogen) atoms. The monoisotopic (exact) mass is 213 g/mol. The average molecular weight is 213 g/mol. The minimum atomic E-state index is -4.45. The van der Waals surface area contributed by atoms with E-state index >= 15 is 0 Å². The van der Waals surface area contributed by atoms with Crippen LogP contribution in [0.5, 0.6) is 0 Å². The quantitative estimate of drug-likeness (QED) is 0.485. The molecule has 0 aliphatic carbocycles. The smallest absolute Gasteiger partial charge is 0.308 e. The molecule has 0 atom stereocenters. The third-order valence-electron chi connectivity index (χ3n) is 1.26. The van der Waals surface area contributed by atoms with E-state index in [1.807, 2.05) is 6.92 Å². The summed E-state index contributed by atoms with van der Waals surface area (Å²) in [4.78, 5) is 27.9. The molecule has 0 aromatic carbocycles. The lowest BCUT2D eigenvalue weighted by Crippen LogP contribution is -2.23. The molecule has 0 radical (unpaired) electrons. The minimum absolute atomic E-state index is 0.0448. The van der Waals surface area contributed by atoms with Crippen molar-refractivity contribution in [3.05, 3.63) is 0 Å². The molecule has 0 aromatic heterocycles. The Morgan fingerprint density at radius 2 is 2.08 bits per heavy atom. The fourth-order valence-electron chi connectivity index (χ4n) is 0.645. The first-order chi connectivity index (χ1) is 5.39. The summed E-state index contributed by atoms with van der Waals surface area (Å²) in [6.07, 6.45) is 1.31. The van der Waals surface area contributed by atoms with Gasteiger partial charge < -0.3 is 9.79 Å². The molecule has 0 unspecified atom stereocenters. The first-order valence-corrected chi connectivity index (χ1v) is 5.47. The van der Waals surface area contributed by atoms with Crippen LogP contribution in [0.1, 0.15) is 19.8 Å². The van der Waals surface area contributed by atoms with Crippen molar-refractivity contribution in [1.82, 2.24) is 4.67 Å². The van der Waals surface area contributed by atoms with Gasteiger partial charge in [-0.3, -0.25) is 4.79 Å². The number of hydrogen-bond donors (Lipinski definition) is 3. The highest BCUT2D eigenvalue weighted by Crippen LogP contribution is 2.40. The Morgan fingerprint density at radius 3 is 2.33 bits per heavy atom. The Labute approximate surface area is 76.4 Å². The van der Waals surface area contributed by atoms with E-state index in [1.54, 1.807) is 0 Å². The summed E-state index contributed by atoms with van der Waals surface area (Å²) >= 11 is 3.35. The van der Waals surface area contributed by atoms with Crippen molar-refractivity contribution in [1.29, 1.82) is 0 Å². The number of carbonyl (C=O) groups is 1. The zero-order valence-corrected chi connectivity index (χ0v) is 8.46. The zero-order valence-electron chi connectivity index (χ0n) is 6.67. The molecule has 0 heterocycles. The second-order valence-electron chi connectivity index (χ2n) is 2.27. The van der Waals surface area contributed by atoms with Gasteiger partial charge in [0.15, 0.2) is 0 Å². The van der Waals surface area contributed by atoms with Gasteiger partial charge >= 0.3 is 7.75 Å². The molecule has 0 spiro atoms. The molecule has 0 aromatic rings. The summed E-state index contributed by atoms with van der Waals surface area (Å²) in [6.45, 7) is 1.91. The Bertz CT molecular complexity index is 204. The highest BCUT2D eigenvalue weighted by molar-refractivity contribution is 7.97. The van der Waals surface area contributed by atoms with Crippen LogP contribution in [-0.2, 0) is 4.57 Å². The number of hydrogen-bond acceptors (Lipinski definition) is 2. The summed E-state index contributed by atoms with van der Waals surface area (Å²) in [7, 11) is -4.45. The zero-order chi connectivity index (χ0) is 9.78. The van der Waals surface area contributed by atoms with E-state index < -0.39 is 13.0 Å². The molecule has 0 aliphatic rings. The van der Waals surface area contributed by atoms with Crippen molar-refractivity contribution in [3.8, 4) is 0 Å². The van der Waals surface area contributed by atoms with Gasteiger partial charge in [-0.25, -0.2) is 9.24 Å². The van der Waals surface area contributed by atoms with Gasteiger partial charge in [0.1, 0.15) is 0 Å². The molecular weight excluding hydrogens is 201 g/mol. The van der Waals surface area contributed by atoms with Gasteiger partial charge in [-0.2, -0.15) is 0 Å². The van der Waals surface area contributed by atoms with Crippen molar-refractivity contribution >= 4 is 25.6 Å². The van der Waals surface area contributed by atoms with Crippen LogP contribution in [0, 0.1) is 0 Å². The largest absolute Gasteiger partial charge is 0.432 e. The lowest BCUT2D eigenvalue weighted by molar-refractivity contribution is 0.230. The molecule has 0 aliphatic heterocycles. The Balaban J connectivity index is 4.25. The van der Waals surface area contributed by atoms with Crippen molar-refractivity contribution in [2.75, 3.05) is 6.54 Å². The first-order valence-electron chi connectivity index (χ1n) is 3.46. The fraction of sp³-hybridized carbons (Fsp3) is 0.800. The SMILES string of the molecule is CCCCN(C(=O)S)P(=O)(O)O. The van der Waals surface area contributed by atoms with Crippen LogP contribution in [0.25, 0.3) is 0 Å². The van der Waals surface area contributed by atoms with Gasteiger partial charge in [0, 0.05) is 6.54 Å². The maximum atomic E-state index is 10.6. The predicted octanol–water partition coefficient (Wildman–Crippen LogP) is 1.23. The third kappa shape index (κ3) is 4.11. The second-order valence-corrected chi connectivity index (χ2v) is 4.16. The van der Waals surface area contributed by atoms with E-state index in [1.165, 1.54) is 0 Å². The summed E-state index contributed by atoms with van der Waals surface area (Å²) in [5.41, 5.74) is 0. The van der Waals surface area contributed by atoms with Crippen molar-refractivity contribution in [2.24, 2.45) is 0 Å². The van der Waals surface area contributed by atoms with Gasteiger partial charge in [-0.15, -0.1) is 0 Å². The Morgan fingerprint density at radius 1 is 1.58 bits per heavy atom. The molecular formula is C5H12NO4PS. The van der Waals surface area contributed by atoms with Crippen molar-refractivity contribution in [3.63, 3.8) is 0 Å². The Hall–Kier alpha value is -0.0300. The first kappa shape index (κ1) is 12.0. The van der Waals surface area contributed by atoms with E-state index in [0.717, 1.165) is 6.42 Å². The van der Waals surface area contributed by atoms with E-state index in [4.69, 9.17) is 9.79 Å². The molecule has 0 saturated carbocycles. The van der Waals surface area contributed by atoms with Gasteiger partial charge in [-0.05, 0) is 6.42 Å². The van der Waals surface area contributed by atoms with E-state index in [0.29, 0.717) is 11.1 Å². The number of thiol groups is 1. The lowest BCUT2D eigenvalue weighted by atomic mass is 10.3. The van der Waals surface area contributed by atoms with Crippen LogP contribution in [-0.4, -0.2) is 26.2 Å². The molecule has 0 saturated heterocycles. The van der Waals surface area contributed by atoms with Crippen LogP contribution >= 0.6 is 20.4 Å². The number of carbonyl (C=O) groups excluding carboxylic acids is 1. The predicted molar refractivity (Wildman–Crippen MR) is 48.0 cm³/mol. The Kier molecular flexibility index (Phi) is 4.85. The van der Waals surface area contributed by atoms with Crippen LogP contribution in [0.15, 0.2) is 0 Å². The molecule has 0 bridgehead atoms. The lowest BCUT2D eigenvalue weighted by Gasteiger charge is -2.20. The second kappa shape index (κ2) is 4.87. The summed E-state index contributed by atoms with van der Waals surface area (Å²) < 4.78 is 11.1. The van der Waals surface area contributed by atoms with Crippen molar-refractivity contribution < 1.29 is 19.1 Å². The molecule has 2 N–H and O–H groups in total. The van der Waals surface area contributed by atoms with Gasteiger partial charge in [0.05, 0.1) is 0 Å². The van der Waals surface area contributed by atoms with Gasteiger partial charge in [-0.1, -0.05) is 26.0 Å². The number of nitrogens with zero attached hydrogens (tertiary/aromatic N) is 1. The highest BCUT2D eigenvalue weighted by Gasteiger charge is 2.27. The van der Waals surface area contributed by atoms with E-state index in [9.17, 15) is 9.36 Å². The third-order valence-corrected chi connectivity index (χ3v) is 2.67. The van der Waals surface area contributed by atoms with Gasteiger partial charge in [0.2, 0.25) is 0 Å². The average Bonchev–Trinajstić information content (AvgIpc) is 1.84. The molecule has 72 valence electrons. The number of amides is 1. The van der Waals surface area contributed by atoms with Crippen LogP contribution < -0.4 is 0 Å². The van der Waals surface area contributed by atoms with Crippen LogP contribution in [0.4, 0.5) is 4.79 Å². The topological polar surface area (TPSA) is 77.8 Å².